The fourth-order valence-electron chi connectivity index (χ4n) is 0.716. The van der Waals surface area contributed by atoms with Gasteiger partial charge in [-0.25, -0.2) is 9.78 Å². The first-order valence-corrected chi connectivity index (χ1v) is 3.27. The molecule has 0 aliphatic carbocycles. The van der Waals surface area contributed by atoms with Gasteiger partial charge in [-0.2, -0.15) is 17.6 Å². The molecular formula is C6H4F4N2O2. The molecule has 0 bridgehead atoms. The van der Waals surface area contributed by atoms with Crippen molar-refractivity contribution in [3.05, 3.63) is 18.7 Å². The molecule has 0 radical (unpaired) electrons. The molecule has 0 aliphatic heterocycles. The standard InChI is InChI=1S/C6H4F4N2O2/c7-5(8,4(13)14)6(9,10)12-2-1-11-3-12/h1-3H,(H,13,14). The smallest absolute Gasteiger partial charge is 0.424 e. The van der Waals surface area contributed by atoms with Crippen LogP contribution in [0.5, 0.6) is 0 Å². The van der Waals surface area contributed by atoms with Gasteiger partial charge in [-0.05, 0) is 0 Å². The van der Waals surface area contributed by atoms with Crippen LogP contribution in [-0.4, -0.2) is 26.5 Å². The number of imidazole rings is 1. The van der Waals surface area contributed by atoms with Gasteiger partial charge in [0, 0.05) is 12.4 Å². The van der Waals surface area contributed by atoms with Gasteiger partial charge in [0.1, 0.15) is 0 Å². The molecule has 0 fully saturated rings. The van der Waals surface area contributed by atoms with E-state index >= 15 is 0 Å². The van der Waals surface area contributed by atoms with E-state index in [2.05, 4.69) is 4.98 Å². The van der Waals surface area contributed by atoms with Gasteiger partial charge in [-0.3, -0.25) is 4.57 Å². The number of rotatable bonds is 3. The molecule has 1 aromatic heterocycles. The maximum absolute atomic E-state index is 12.8. The van der Waals surface area contributed by atoms with E-state index < -0.39 is 17.9 Å². The quantitative estimate of drug-likeness (QED) is 0.764. The molecule has 0 atom stereocenters. The molecule has 78 valence electrons. The van der Waals surface area contributed by atoms with Crippen molar-refractivity contribution in [2.24, 2.45) is 0 Å². The molecule has 14 heavy (non-hydrogen) atoms. The monoisotopic (exact) mass is 212 g/mol. The highest BCUT2D eigenvalue weighted by atomic mass is 19.3. The number of halogens is 4. The summed E-state index contributed by atoms with van der Waals surface area (Å²) < 4.78 is 50.3. The Hall–Kier alpha value is -1.60. The summed E-state index contributed by atoms with van der Waals surface area (Å²) in [6.45, 7) is 0. The molecule has 0 aromatic carbocycles. The lowest BCUT2D eigenvalue weighted by atomic mass is 10.3. The van der Waals surface area contributed by atoms with Crippen LogP contribution >= 0.6 is 0 Å². The molecule has 1 aromatic rings. The minimum absolute atomic E-state index is 0.263. The number of nitrogens with zero attached hydrogens (tertiary/aromatic N) is 2. The highest BCUT2D eigenvalue weighted by Crippen LogP contribution is 2.38. The Labute approximate surface area is 74.8 Å². The van der Waals surface area contributed by atoms with E-state index in [1.54, 1.807) is 0 Å². The number of hydrogen-bond donors (Lipinski definition) is 1. The van der Waals surface area contributed by atoms with Crippen LogP contribution in [0.15, 0.2) is 18.7 Å². The largest absolute Gasteiger partial charge is 0.477 e. The molecule has 8 heteroatoms. The van der Waals surface area contributed by atoms with Gasteiger partial charge in [0.2, 0.25) is 0 Å². The van der Waals surface area contributed by atoms with Crippen LogP contribution in [0, 0.1) is 0 Å². The molecule has 1 rings (SSSR count). The number of carbonyl (C=O) groups is 1. The van der Waals surface area contributed by atoms with Gasteiger partial charge in [0.15, 0.2) is 0 Å². The number of carboxylic acids is 1. The average molecular weight is 212 g/mol. The van der Waals surface area contributed by atoms with Crippen molar-refractivity contribution in [2.75, 3.05) is 0 Å². The molecular weight excluding hydrogens is 208 g/mol. The van der Waals surface area contributed by atoms with Crippen LogP contribution in [0.4, 0.5) is 17.6 Å². The van der Waals surface area contributed by atoms with E-state index in [1.807, 2.05) is 0 Å². The molecule has 0 unspecified atom stereocenters. The predicted molar refractivity (Wildman–Crippen MR) is 35.0 cm³/mol. The second-order valence-electron chi connectivity index (χ2n) is 2.39. The van der Waals surface area contributed by atoms with Gasteiger partial charge < -0.3 is 5.11 Å². The van der Waals surface area contributed by atoms with Crippen molar-refractivity contribution >= 4 is 5.97 Å². The normalized spacial score (nSPS) is 12.9. The zero-order valence-corrected chi connectivity index (χ0v) is 6.49. The summed E-state index contributed by atoms with van der Waals surface area (Å²) in [5.74, 6) is -8.07. The highest BCUT2D eigenvalue weighted by Gasteiger charge is 2.64. The number of aromatic nitrogens is 2. The van der Waals surface area contributed by atoms with Crippen molar-refractivity contribution in [2.45, 2.75) is 12.0 Å². The van der Waals surface area contributed by atoms with Gasteiger partial charge in [-0.1, -0.05) is 0 Å². The van der Waals surface area contributed by atoms with E-state index in [0.29, 0.717) is 12.5 Å². The Morgan fingerprint density at radius 3 is 2.29 bits per heavy atom. The van der Waals surface area contributed by atoms with Gasteiger partial charge >= 0.3 is 17.9 Å². The minimum Gasteiger partial charge on any atom is -0.477 e. The van der Waals surface area contributed by atoms with E-state index in [4.69, 9.17) is 5.11 Å². The lowest BCUT2D eigenvalue weighted by molar-refractivity contribution is -0.260. The van der Waals surface area contributed by atoms with E-state index in [0.717, 1.165) is 6.20 Å². The van der Waals surface area contributed by atoms with E-state index in [-0.39, 0.29) is 4.57 Å². The highest BCUT2D eigenvalue weighted by molar-refractivity contribution is 5.76. The number of alkyl halides is 4. The third-order valence-corrected chi connectivity index (χ3v) is 1.48. The number of carboxylic acid groups (broad SMARTS) is 1. The fourth-order valence-corrected chi connectivity index (χ4v) is 0.716. The number of hydrogen-bond acceptors (Lipinski definition) is 2. The Morgan fingerprint density at radius 2 is 1.93 bits per heavy atom. The molecule has 0 spiro atoms. The predicted octanol–water partition coefficient (Wildman–Crippen LogP) is 1.15. The zero-order valence-electron chi connectivity index (χ0n) is 6.49. The van der Waals surface area contributed by atoms with Crippen LogP contribution in [0.25, 0.3) is 0 Å². The Kier molecular flexibility index (Phi) is 2.22. The van der Waals surface area contributed by atoms with Crippen LogP contribution in [0.3, 0.4) is 0 Å². The van der Waals surface area contributed by atoms with Crippen LogP contribution in [-0.2, 0) is 10.8 Å². The first kappa shape index (κ1) is 10.5. The summed E-state index contributed by atoms with van der Waals surface area (Å²) in [4.78, 5) is 13.0. The van der Waals surface area contributed by atoms with Crippen molar-refractivity contribution in [1.82, 2.24) is 9.55 Å². The summed E-state index contributed by atoms with van der Waals surface area (Å²) in [6, 6.07) is -4.84. The summed E-state index contributed by atoms with van der Waals surface area (Å²) in [7, 11) is 0. The van der Waals surface area contributed by atoms with Crippen LogP contribution in [0.2, 0.25) is 0 Å². The molecule has 4 nitrogen and oxygen atoms in total. The maximum atomic E-state index is 12.8. The lowest BCUT2D eigenvalue weighted by Gasteiger charge is -2.23. The second kappa shape index (κ2) is 2.96. The third kappa shape index (κ3) is 1.32. The molecule has 0 amide bonds. The Bertz CT molecular complexity index is 336. The molecule has 0 saturated heterocycles. The third-order valence-electron chi connectivity index (χ3n) is 1.48. The van der Waals surface area contributed by atoms with Crippen molar-refractivity contribution in [3.63, 3.8) is 0 Å². The molecule has 1 heterocycles. The number of aliphatic carboxylic acids is 1. The molecule has 0 aliphatic rings. The topological polar surface area (TPSA) is 55.1 Å². The van der Waals surface area contributed by atoms with Gasteiger partial charge in [0.05, 0.1) is 6.33 Å². The Morgan fingerprint density at radius 1 is 1.36 bits per heavy atom. The Balaban J connectivity index is 3.13. The van der Waals surface area contributed by atoms with E-state index in [1.165, 1.54) is 0 Å². The first-order valence-electron chi connectivity index (χ1n) is 3.27. The van der Waals surface area contributed by atoms with Gasteiger partial charge in [0.25, 0.3) is 0 Å². The minimum atomic E-state index is -5.17. The van der Waals surface area contributed by atoms with Crippen LogP contribution < -0.4 is 0 Å². The van der Waals surface area contributed by atoms with Crippen LogP contribution in [0.1, 0.15) is 0 Å². The van der Waals surface area contributed by atoms with Crippen molar-refractivity contribution in [3.8, 4) is 0 Å². The molecule has 1 N–H and O–H groups in total. The van der Waals surface area contributed by atoms with Gasteiger partial charge in [-0.15, -0.1) is 0 Å². The maximum Gasteiger partial charge on any atom is 0.424 e. The fraction of sp³-hybridized carbons (Fsp3) is 0.333. The lowest BCUT2D eigenvalue weighted by Crippen LogP contribution is -2.48. The summed E-state index contributed by atoms with van der Waals surface area (Å²) in [5, 5.41) is 7.91. The molecule has 0 saturated carbocycles. The second-order valence-corrected chi connectivity index (χ2v) is 2.39. The summed E-state index contributed by atoms with van der Waals surface area (Å²) in [6.07, 6.45) is 1.81. The van der Waals surface area contributed by atoms with Crippen molar-refractivity contribution in [1.29, 1.82) is 0 Å². The first-order chi connectivity index (χ1) is 6.30. The SMILES string of the molecule is O=C(O)C(F)(F)C(F)(F)n1ccnc1. The van der Waals surface area contributed by atoms with Crippen molar-refractivity contribution < 1.29 is 27.5 Å². The summed E-state index contributed by atoms with van der Waals surface area (Å²) in [5.41, 5.74) is 0. The summed E-state index contributed by atoms with van der Waals surface area (Å²) >= 11 is 0. The average Bonchev–Trinajstić information content (AvgIpc) is 2.55. The van der Waals surface area contributed by atoms with E-state index in [9.17, 15) is 22.4 Å². The zero-order chi connectivity index (χ0) is 11.0.